The van der Waals surface area contributed by atoms with Gasteiger partial charge in [-0.25, -0.2) is 0 Å². The summed E-state index contributed by atoms with van der Waals surface area (Å²) in [6.45, 7) is 0. The molecule has 2 aromatic rings. The molecule has 0 fully saturated rings. The molecule has 24 heavy (non-hydrogen) atoms. The zero-order valence-corrected chi connectivity index (χ0v) is 11.7. The van der Waals surface area contributed by atoms with Crippen molar-refractivity contribution in [3.63, 3.8) is 0 Å². The van der Waals surface area contributed by atoms with E-state index in [-0.39, 0.29) is 11.3 Å². The fourth-order valence-electron chi connectivity index (χ4n) is 1.78. The largest absolute Gasteiger partial charge is 0.573 e. The van der Waals surface area contributed by atoms with Gasteiger partial charge in [-0.3, -0.25) is 4.79 Å². The highest BCUT2D eigenvalue weighted by molar-refractivity contribution is 6.04. The molecule has 0 radical (unpaired) electrons. The number of hydrogen-bond acceptors (Lipinski definition) is 2. The van der Waals surface area contributed by atoms with Gasteiger partial charge in [0.15, 0.2) is 0 Å². The van der Waals surface area contributed by atoms with E-state index in [9.17, 15) is 31.1 Å². The average molecular weight is 349 g/mol. The number of halogens is 6. The monoisotopic (exact) mass is 349 g/mol. The van der Waals surface area contributed by atoms with Crippen LogP contribution in [0.1, 0.15) is 15.9 Å². The van der Waals surface area contributed by atoms with E-state index >= 15 is 0 Å². The van der Waals surface area contributed by atoms with Gasteiger partial charge in [-0.1, -0.05) is 6.07 Å². The fourth-order valence-corrected chi connectivity index (χ4v) is 1.78. The number of anilines is 1. The van der Waals surface area contributed by atoms with Crippen LogP contribution in [0.2, 0.25) is 0 Å². The maximum Gasteiger partial charge on any atom is 0.573 e. The zero-order valence-electron chi connectivity index (χ0n) is 11.7. The predicted octanol–water partition coefficient (Wildman–Crippen LogP) is 4.86. The summed E-state index contributed by atoms with van der Waals surface area (Å²) in [5.41, 5.74) is -1.11. The Morgan fingerprint density at radius 3 is 2.08 bits per heavy atom. The lowest BCUT2D eigenvalue weighted by molar-refractivity contribution is -0.274. The lowest BCUT2D eigenvalue weighted by atomic mass is 10.1. The van der Waals surface area contributed by atoms with Gasteiger partial charge in [0.2, 0.25) is 0 Å². The Labute approximate surface area is 131 Å². The fraction of sp³-hybridized carbons (Fsp3) is 0.133. The molecule has 0 bridgehead atoms. The van der Waals surface area contributed by atoms with Crippen molar-refractivity contribution >= 4 is 11.6 Å². The van der Waals surface area contributed by atoms with Crippen LogP contribution in [0, 0.1) is 0 Å². The minimum atomic E-state index is -4.84. The molecule has 128 valence electrons. The summed E-state index contributed by atoms with van der Waals surface area (Å²) < 4.78 is 77.5. The van der Waals surface area contributed by atoms with Crippen LogP contribution in [-0.4, -0.2) is 12.3 Å². The molecule has 3 nitrogen and oxygen atoms in total. The quantitative estimate of drug-likeness (QED) is 0.804. The highest BCUT2D eigenvalue weighted by atomic mass is 19.4. The number of alkyl halides is 6. The second kappa shape index (κ2) is 6.42. The molecule has 0 saturated heterocycles. The van der Waals surface area contributed by atoms with Crippen LogP contribution in [0.3, 0.4) is 0 Å². The third-order valence-corrected chi connectivity index (χ3v) is 2.80. The Morgan fingerprint density at radius 1 is 0.917 bits per heavy atom. The van der Waals surface area contributed by atoms with E-state index in [1.807, 2.05) is 0 Å². The second-order valence-corrected chi connectivity index (χ2v) is 4.60. The van der Waals surface area contributed by atoms with E-state index < -0.39 is 29.8 Å². The number of ether oxygens (including phenoxy) is 1. The van der Waals surface area contributed by atoms with Gasteiger partial charge < -0.3 is 10.1 Å². The molecule has 0 spiro atoms. The number of rotatable bonds is 3. The van der Waals surface area contributed by atoms with Gasteiger partial charge in [-0.2, -0.15) is 13.2 Å². The van der Waals surface area contributed by atoms with Crippen molar-refractivity contribution in [2.45, 2.75) is 12.5 Å². The number of amides is 1. The van der Waals surface area contributed by atoms with Gasteiger partial charge in [-0.05, 0) is 42.5 Å². The smallest absolute Gasteiger partial charge is 0.406 e. The van der Waals surface area contributed by atoms with Crippen LogP contribution in [0.25, 0.3) is 0 Å². The molecule has 1 amide bonds. The van der Waals surface area contributed by atoms with Crippen molar-refractivity contribution in [1.29, 1.82) is 0 Å². The molecule has 2 rings (SSSR count). The highest BCUT2D eigenvalue weighted by Gasteiger charge is 2.31. The molecule has 1 N–H and O–H groups in total. The van der Waals surface area contributed by atoms with E-state index in [0.29, 0.717) is 6.07 Å². The Hall–Kier alpha value is -2.71. The maximum atomic E-state index is 12.6. The minimum Gasteiger partial charge on any atom is -0.406 e. The first kappa shape index (κ1) is 17.6. The van der Waals surface area contributed by atoms with Gasteiger partial charge in [0, 0.05) is 11.3 Å². The van der Waals surface area contributed by atoms with Crippen molar-refractivity contribution in [2.24, 2.45) is 0 Å². The average Bonchev–Trinajstić information content (AvgIpc) is 2.47. The van der Waals surface area contributed by atoms with E-state index in [4.69, 9.17) is 0 Å². The van der Waals surface area contributed by atoms with Crippen LogP contribution in [0.5, 0.6) is 5.75 Å². The number of carbonyl (C=O) groups is 1. The molecule has 0 aliphatic heterocycles. The number of carbonyl (C=O) groups excluding carboxylic acids is 1. The molecular formula is C15H9F6NO2. The van der Waals surface area contributed by atoms with E-state index in [1.165, 1.54) is 6.07 Å². The molecule has 0 aromatic heterocycles. The Balaban J connectivity index is 2.10. The molecule has 0 unspecified atom stereocenters. The van der Waals surface area contributed by atoms with Crippen LogP contribution < -0.4 is 10.1 Å². The van der Waals surface area contributed by atoms with Gasteiger partial charge in [-0.15, -0.1) is 13.2 Å². The molecule has 0 heterocycles. The molecule has 0 saturated carbocycles. The number of benzene rings is 2. The lowest BCUT2D eigenvalue weighted by Gasteiger charge is -2.11. The summed E-state index contributed by atoms with van der Waals surface area (Å²) in [5, 5.41) is 2.28. The van der Waals surface area contributed by atoms with Gasteiger partial charge >= 0.3 is 12.5 Å². The summed E-state index contributed by atoms with van der Waals surface area (Å²) in [5.74, 6) is -1.31. The SMILES string of the molecule is O=C(Nc1ccc(OC(F)(F)F)cc1)c1cccc(C(F)(F)F)c1. The molecule has 9 heteroatoms. The second-order valence-electron chi connectivity index (χ2n) is 4.60. The molecule has 0 atom stereocenters. The summed E-state index contributed by atoms with van der Waals surface area (Å²) in [6, 6.07) is 7.96. The predicted molar refractivity (Wildman–Crippen MR) is 72.5 cm³/mol. The highest BCUT2D eigenvalue weighted by Crippen LogP contribution is 2.30. The maximum absolute atomic E-state index is 12.6. The first-order valence-electron chi connectivity index (χ1n) is 6.39. The van der Waals surface area contributed by atoms with Crippen molar-refractivity contribution in [2.75, 3.05) is 5.32 Å². The van der Waals surface area contributed by atoms with Crippen molar-refractivity contribution in [3.05, 3.63) is 59.7 Å². The van der Waals surface area contributed by atoms with Crippen molar-refractivity contribution in [3.8, 4) is 5.75 Å². The van der Waals surface area contributed by atoms with Crippen LogP contribution in [0.15, 0.2) is 48.5 Å². The number of nitrogens with one attached hydrogen (secondary N) is 1. The Kier molecular flexibility index (Phi) is 4.72. The summed E-state index contributed by atoms with van der Waals surface area (Å²) in [6.07, 6.45) is -9.43. The van der Waals surface area contributed by atoms with Gasteiger partial charge in [0.1, 0.15) is 5.75 Å². The van der Waals surface area contributed by atoms with Gasteiger partial charge in [0.25, 0.3) is 5.91 Å². The van der Waals surface area contributed by atoms with Gasteiger partial charge in [0.05, 0.1) is 5.56 Å². The third-order valence-electron chi connectivity index (χ3n) is 2.80. The lowest BCUT2D eigenvalue weighted by Crippen LogP contribution is -2.17. The Bertz CT molecular complexity index is 722. The van der Waals surface area contributed by atoms with Crippen molar-refractivity contribution in [1.82, 2.24) is 0 Å². The van der Waals surface area contributed by atoms with Crippen LogP contribution in [-0.2, 0) is 6.18 Å². The molecule has 0 aliphatic rings. The summed E-state index contributed by atoms with van der Waals surface area (Å²) in [7, 11) is 0. The van der Waals surface area contributed by atoms with Crippen LogP contribution >= 0.6 is 0 Å². The van der Waals surface area contributed by atoms with E-state index in [0.717, 1.165) is 36.4 Å². The molecule has 0 aliphatic carbocycles. The topological polar surface area (TPSA) is 38.3 Å². The first-order valence-corrected chi connectivity index (χ1v) is 6.39. The Morgan fingerprint density at radius 2 is 1.54 bits per heavy atom. The normalized spacial score (nSPS) is 11.9. The zero-order chi connectivity index (χ0) is 18.0. The van der Waals surface area contributed by atoms with E-state index in [1.54, 1.807) is 0 Å². The van der Waals surface area contributed by atoms with Crippen molar-refractivity contribution < 1.29 is 35.9 Å². The molecule has 2 aromatic carbocycles. The van der Waals surface area contributed by atoms with Crippen LogP contribution in [0.4, 0.5) is 32.0 Å². The minimum absolute atomic E-state index is 0.104. The first-order chi connectivity index (χ1) is 11.0. The number of hydrogen-bond donors (Lipinski definition) is 1. The van der Waals surface area contributed by atoms with E-state index in [2.05, 4.69) is 10.1 Å². The summed E-state index contributed by atoms with van der Waals surface area (Å²) >= 11 is 0. The molecular weight excluding hydrogens is 340 g/mol. The standard InChI is InChI=1S/C15H9F6NO2/c16-14(17,18)10-3-1-2-9(8-10)13(23)22-11-4-6-12(7-5-11)24-15(19,20)21/h1-8H,(H,22,23). The summed E-state index contributed by atoms with van der Waals surface area (Å²) in [4.78, 5) is 11.9. The third kappa shape index (κ3) is 4.90.